The summed E-state index contributed by atoms with van der Waals surface area (Å²) >= 11 is 0. The summed E-state index contributed by atoms with van der Waals surface area (Å²) in [6.07, 6.45) is 10.4. The molecule has 0 aromatic carbocycles. The van der Waals surface area contributed by atoms with Gasteiger partial charge in [0.2, 0.25) is 0 Å². The number of nitrogens with zero attached hydrogens (tertiary/aromatic N) is 4. The van der Waals surface area contributed by atoms with Crippen molar-refractivity contribution in [3.05, 3.63) is 46.9 Å². The lowest BCUT2D eigenvalue weighted by Gasteiger charge is -2.40. The third-order valence-corrected chi connectivity index (χ3v) is 6.31. The molecule has 5 rings (SSSR count). The van der Waals surface area contributed by atoms with E-state index in [9.17, 15) is 9.59 Å². The van der Waals surface area contributed by atoms with Gasteiger partial charge in [0, 0.05) is 36.3 Å². The van der Waals surface area contributed by atoms with Crippen LogP contribution in [0, 0.1) is 0 Å². The van der Waals surface area contributed by atoms with Gasteiger partial charge in [0.15, 0.2) is 11.5 Å². The van der Waals surface area contributed by atoms with Crippen LogP contribution in [0.25, 0.3) is 6.08 Å². The van der Waals surface area contributed by atoms with Crippen molar-refractivity contribution in [2.24, 2.45) is 11.5 Å². The van der Waals surface area contributed by atoms with Gasteiger partial charge in [-0.15, -0.1) is 10.2 Å². The zero-order valence-electron chi connectivity index (χ0n) is 16.4. The molecule has 0 radical (unpaired) electrons. The second-order valence-corrected chi connectivity index (χ2v) is 8.12. The molecule has 154 valence electrons. The molecule has 2 aliphatic heterocycles. The Morgan fingerprint density at radius 1 is 1.07 bits per heavy atom. The fraction of sp³-hybridized carbons (Fsp3) is 0.381. The van der Waals surface area contributed by atoms with Gasteiger partial charge < -0.3 is 21.7 Å². The number of carbonyl (C=O) groups excluding carboxylic acids is 2. The molecule has 30 heavy (non-hydrogen) atoms. The highest BCUT2D eigenvalue weighted by molar-refractivity contribution is 6.00. The van der Waals surface area contributed by atoms with E-state index in [1.165, 1.54) is 0 Å². The number of fused-ring (bicyclic) bond motifs is 3. The van der Waals surface area contributed by atoms with E-state index >= 15 is 0 Å². The fourth-order valence-corrected chi connectivity index (χ4v) is 5.01. The molecule has 2 aromatic rings. The van der Waals surface area contributed by atoms with Gasteiger partial charge in [-0.05, 0) is 37.8 Å². The van der Waals surface area contributed by atoms with Crippen LogP contribution in [0.3, 0.4) is 0 Å². The fourth-order valence-electron chi connectivity index (χ4n) is 5.01. The van der Waals surface area contributed by atoms with Crippen LogP contribution >= 0.6 is 0 Å². The SMILES string of the molecule is NC(=O)c1ccc(N2[C@@H]3CC[C@H]2CC(Nc2c(C(N)=O)cnc4c2C=CC4)C3)nn1. The number of nitrogens with one attached hydrogen (secondary N) is 1. The molecule has 1 aliphatic carbocycles. The molecule has 9 heteroatoms. The number of amides is 2. The van der Waals surface area contributed by atoms with Gasteiger partial charge >= 0.3 is 0 Å². The molecule has 5 N–H and O–H groups in total. The first-order chi connectivity index (χ1) is 14.5. The van der Waals surface area contributed by atoms with Crippen LogP contribution in [0.5, 0.6) is 0 Å². The standard InChI is InChI=1S/C21H23N7O2/c22-20(29)15-10-24-16-3-1-2-14(16)19(15)25-11-8-12-4-5-13(9-11)28(12)18-7-6-17(21(23)30)26-27-18/h1-2,6-7,10-13H,3-5,8-9H2,(H2,22,29)(H2,23,30)(H,24,25)/t11?,12-,13+. The van der Waals surface area contributed by atoms with Crippen LogP contribution in [0.1, 0.15) is 57.8 Å². The minimum absolute atomic E-state index is 0.168. The van der Waals surface area contributed by atoms with Crippen molar-refractivity contribution in [3.8, 4) is 0 Å². The van der Waals surface area contributed by atoms with Gasteiger partial charge in [0.05, 0.1) is 16.9 Å². The maximum absolute atomic E-state index is 12.0. The van der Waals surface area contributed by atoms with Gasteiger partial charge in [-0.3, -0.25) is 14.6 Å². The quantitative estimate of drug-likeness (QED) is 0.680. The number of carbonyl (C=O) groups is 2. The van der Waals surface area contributed by atoms with E-state index in [-0.39, 0.29) is 11.7 Å². The first-order valence-electron chi connectivity index (χ1n) is 10.2. The number of allylic oxidation sites excluding steroid dienone is 1. The number of aromatic nitrogens is 3. The minimum Gasteiger partial charge on any atom is -0.381 e. The van der Waals surface area contributed by atoms with E-state index in [1.54, 1.807) is 12.3 Å². The molecule has 0 saturated carbocycles. The molecular formula is C21H23N7O2. The molecule has 3 aliphatic rings. The van der Waals surface area contributed by atoms with E-state index in [0.29, 0.717) is 17.6 Å². The molecular weight excluding hydrogens is 382 g/mol. The van der Waals surface area contributed by atoms with Crippen molar-refractivity contribution in [2.45, 2.75) is 50.2 Å². The molecule has 3 atom stereocenters. The average Bonchev–Trinajstić information content (AvgIpc) is 3.31. The Kier molecular flexibility index (Phi) is 4.38. The Labute approximate surface area is 173 Å². The third kappa shape index (κ3) is 3.06. The van der Waals surface area contributed by atoms with Crippen molar-refractivity contribution in [1.29, 1.82) is 0 Å². The van der Waals surface area contributed by atoms with Crippen LogP contribution in [0.15, 0.2) is 24.4 Å². The zero-order valence-corrected chi connectivity index (χ0v) is 16.4. The normalized spacial score (nSPS) is 24.0. The van der Waals surface area contributed by atoms with Crippen LogP contribution in [-0.4, -0.2) is 45.1 Å². The van der Waals surface area contributed by atoms with Gasteiger partial charge in [-0.25, -0.2) is 0 Å². The maximum atomic E-state index is 12.0. The Morgan fingerprint density at radius 2 is 1.83 bits per heavy atom. The number of hydrogen-bond donors (Lipinski definition) is 3. The van der Waals surface area contributed by atoms with E-state index in [0.717, 1.165) is 54.9 Å². The van der Waals surface area contributed by atoms with Crippen molar-refractivity contribution in [3.63, 3.8) is 0 Å². The van der Waals surface area contributed by atoms with Gasteiger partial charge in [0.25, 0.3) is 11.8 Å². The Balaban J connectivity index is 1.37. The molecule has 2 saturated heterocycles. The van der Waals surface area contributed by atoms with Crippen LogP contribution in [0.4, 0.5) is 11.5 Å². The summed E-state index contributed by atoms with van der Waals surface area (Å²) in [7, 11) is 0. The predicted molar refractivity (Wildman–Crippen MR) is 112 cm³/mol. The molecule has 1 unspecified atom stereocenters. The summed E-state index contributed by atoms with van der Waals surface area (Å²) in [6, 6.07) is 4.29. The molecule has 4 heterocycles. The molecule has 2 amide bonds. The number of piperidine rings is 1. The monoisotopic (exact) mass is 405 g/mol. The number of nitrogens with two attached hydrogens (primary N) is 2. The molecule has 9 nitrogen and oxygen atoms in total. The molecule has 2 aromatic heterocycles. The summed E-state index contributed by atoms with van der Waals surface area (Å²) in [6.45, 7) is 0. The Bertz CT molecular complexity index is 1040. The lowest BCUT2D eigenvalue weighted by Crippen LogP contribution is -2.47. The highest BCUT2D eigenvalue weighted by atomic mass is 16.1. The van der Waals surface area contributed by atoms with Crippen LogP contribution < -0.4 is 21.7 Å². The van der Waals surface area contributed by atoms with Gasteiger partial charge in [0.1, 0.15) is 0 Å². The molecule has 2 bridgehead atoms. The summed E-state index contributed by atoms with van der Waals surface area (Å²) in [5, 5.41) is 11.8. The summed E-state index contributed by atoms with van der Waals surface area (Å²) in [5.41, 5.74) is 14.2. The summed E-state index contributed by atoms with van der Waals surface area (Å²) < 4.78 is 0. The second-order valence-electron chi connectivity index (χ2n) is 8.12. The predicted octanol–water partition coefficient (Wildman–Crippen LogP) is 1.25. The number of anilines is 2. The van der Waals surface area contributed by atoms with Gasteiger partial charge in [-0.1, -0.05) is 12.2 Å². The number of primary amides is 2. The van der Waals surface area contributed by atoms with Crippen molar-refractivity contribution in [2.75, 3.05) is 10.2 Å². The lowest BCUT2D eigenvalue weighted by atomic mass is 9.96. The second kappa shape index (κ2) is 7.08. The Hall–Kier alpha value is -3.49. The average molecular weight is 405 g/mol. The van der Waals surface area contributed by atoms with Gasteiger partial charge in [-0.2, -0.15) is 0 Å². The largest absolute Gasteiger partial charge is 0.381 e. The van der Waals surface area contributed by atoms with E-state index in [1.807, 2.05) is 18.2 Å². The number of rotatable bonds is 5. The van der Waals surface area contributed by atoms with E-state index < -0.39 is 11.8 Å². The number of pyridine rings is 1. The molecule has 0 spiro atoms. The van der Waals surface area contributed by atoms with Crippen molar-refractivity contribution < 1.29 is 9.59 Å². The molecule has 2 fully saturated rings. The number of hydrogen-bond acceptors (Lipinski definition) is 7. The topological polar surface area (TPSA) is 140 Å². The highest BCUT2D eigenvalue weighted by Crippen LogP contribution is 2.40. The highest BCUT2D eigenvalue weighted by Gasteiger charge is 2.42. The summed E-state index contributed by atoms with van der Waals surface area (Å²) in [4.78, 5) is 29.9. The van der Waals surface area contributed by atoms with E-state index in [2.05, 4.69) is 25.4 Å². The zero-order chi connectivity index (χ0) is 20.8. The third-order valence-electron chi connectivity index (χ3n) is 6.31. The first-order valence-corrected chi connectivity index (χ1v) is 10.2. The first kappa shape index (κ1) is 18.5. The maximum Gasteiger partial charge on any atom is 0.269 e. The van der Waals surface area contributed by atoms with Crippen molar-refractivity contribution in [1.82, 2.24) is 15.2 Å². The minimum atomic E-state index is -0.580. The van der Waals surface area contributed by atoms with Crippen molar-refractivity contribution >= 4 is 29.4 Å². The smallest absolute Gasteiger partial charge is 0.269 e. The lowest BCUT2D eigenvalue weighted by molar-refractivity contribution is 0.0988. The summed E-state index contributed by atoms with van der Waals surface area (Å²) in [5.74, 6) is -0.279. The Morgan fingerprint density at radius 3 is 2.47 bits per heavy atom. The van der Waals surface area contributed by atoms with Crippen LogP contribution in [0.2, 0.25) is 0 Å². The van der Waals surface area contributed by atoms with Crippen LogP contribution in [-0.2, 0) is 6.42 Å². The van der Waals surface area contributed by atoms with E-state index in [4.69, 9.17) is 11.5 Å².